The summed E-state index contributed by atoms with van der Waals surface area (Å²) in [5.41, 5.74) is 0. The average molecular weight is 262 g/mol. The van der Waals surface area contributed by atoms with Crippen molar-refractivity contribution in [2.45, 2.75) is 18.2 Å². The Morgan fingerprint density at radius 2 is 2.12 bits per heavy atom. The SMILES string of the molecule is COc1ncc(Cl)c(N2CCC(Cl)CC2)n1. The molecule has 2 rings (SSSR count). The second-order valence-corrected chi connectivity index (χ2v) is 4.71. The summed E-state index contributed by atoms with van der Waals surface area (Å²) in [4.78, 5) is 10.3. The monoisotopic (exact) mass is 261 g/mol. The van der Waals surface area contributed by atoms with E-state index in [1.807, 2.05) is 0 Å². The Labute approximate surface area is 105 Å². The first kappa shape index (κ1) is 11.7. The lowest BCUT2D eigenvalue weighted by Crippen LogP contribution is -2.34. The minimum atomic E-state index is 0.263. The van der Waals surface area contributed by atoms with Crippen LogP contribution in [-0.2, 0) is 0 Å². The Kier molecular flexibility index (Phi) is 3.71. The molecule has 0 spiro atoms. The third-order valence-corrected chi connectivity index (χ3v) is 3.31. The molecule has 1 fully saturated rings. The van der Waals surface area contributed by atoms with Gasteiger partial charge in [0.15, 0.2) is 5.82 Å². The maximum atomic E-state index is 6.07. The Morgan fingerprint density at radius 3 is 2.75 bits per heavy atom. The van der Waals surface area contributed by atoms with Gasteiger partial charge in [-0.3, -0.25) is 0 Å². The number of halogens is 2. The molecule has 88 valence electrons. The molecule has 16 heavy (non-hydrogen) atoms. The van der Waals surface area contributed by atoms with E-state index in [0.717, 1.165) is 31.7 Å². The zero-order chi connectivity index (χ0) is 11.5. The van der Waals surface area contributed by atoms with Crippen LogP contribution >= 0.6 is 23.2 Å². The minimum absolute atomic E-state index is 0.263. The number of aromatic nitrogens is 2. The first-order valence-corrected chi connectivity index (χ1v) is 5.97. The highest BCUT2D eigenvalue weighted by molar-refractivity contribution is 6.32. The third kappa shape index (κ3) is 2.50. The normalized spacial score (nSPS) is 17.6. The Balaban J connectivity index is 2.19. The number of alkyl halides is 1. The van der Waals surface area contributed by atoms with E-state index in [2.05, 4.69) is 14.9 Å². The summed E-state index contributed by atoms with van der Waals surface area (Å²) in [6, 6.07) is 0.340. The Morgan fingerprint density at radius 1 is 1.44 bits per heavy atom. The van der Waals surface area contributed by atoms with E-state index >= 15 is 0 Å². The van der Waals surface area contributed by atoms with Crippen molar-refractivity contribution in [3.63, 3.8) is 0 Å². The predicted octanol–water partition coefficient (Wildman–Crippen LogP) is 2.35. The van der Waals surface area contributed by atoms with Gasteiger partial charge in [-0.05, 0) is 12.8 Å². The van der Waals surface area contributed by atoms with Crippen LogP contribution < -0.4 is 9.64 Å². The van der Waals surface area contributed by atoms with Gasteiger partial charge >= 0.3 is 6.01 Å². The number of nitrogens with zero attached hydrogens (tertiary/aromatic N) is 3. The smallest absolute Gasteiger partial charge is 0.318 e. The van der Waals surface area contributed by atoms with Crippen LogP contribution in [-0.4, -0.2) is 35.5 Å². The summed E-state index contributed by atoms with van der Waals surface area (Å²) < 4.78 is 4.99. The fraction of sp³-hybridized carbons (Fsp3) is 0.600. The number of hydrogen-bond donors (Lipinski definition) is 0. The molecule has 0 aromatic carbocycles. The van der Waals surface area contributed by atoms with Crippen LogP contribution in [0.1, 0.15) is 12.8 Å². The van der Waals surface area contributed by atoms with Crippen molar-refractivity contribution in [2.75, 3.05) is 25.1 Å². The van der Waals surface area contributed by atoms with Gasteiger partial charge in [-0.15, -0.1) is 11.6 Å². The van der Waals surface area contributed by atoms with Crippen LogP contribution in [0.3, 0.4) is 0 Å². The van der Waals surface area contributed by atoms with E-state index < -0.39 is 0 Å². The zero-order valence-corrected chi connectivity index (χ0v) is 10.5. The van der Waals surface area contributed by atoms with Gasteiger partial charge in [-0.25, -0.2) is 4.98 Å². The molecular weight excluding hydrogens is 249 g/mol. The largest absolute Gasteiger partial charge is 0.467 e. The number of anilines is 1. The second kappa shape index (κ2) is 5.06. The maximum absolute atomic E-state index is 6.07. The molecule has 1 aromatic rings. The Hall–Kier alpha value is -0.740. The lowest BCUT2D eigenvalue weighted by molar-refractivity contribution is 0.379. The summed E-state index contributed by atoms with van der Waals surface area (Å²) in [5.74, 6) is 0.733. The number of rotatable bonds is 2. The van der Waals surface area contributed by atoms with Crippen molar-refractivity contribution in [1.82, 2.24) is 9.97 Å². The lowest BCUT2D eigenvalue weighted by atomic mass is 10.1. The quantitative estimate of drug-likeness (QED) is 0.767. The maximum Gasteiger partial charge on any atom is 0.318 e. The molecule has 1 aromatic heterocycles. The minimum Gasteiger partial charge on any atom is -0.467 e. The van der Waals surface area contributed by atoms with Gasteiger partial charge in [0.2, 0.25) is 0 Å². The van der Waals surface area contributed by atoms with Crippen molar-refractivity contribution < 1.29 is 4.74 Å². The second-order valence-electron chi connectivity index (χ2n) is 3.69. The molecule has 0 N–H and O–H groups in total. The van der Waals surface area contributed by atoms with E-state index in [9.17, 15) is 0 Å². The number of hydrogen-bond acceptors (Lipinski definition) is 4. The number of piperidine rings is 1. The van der Waals surface area contributed by atoms with Gasteiger partial charge in [0.05, 0.1) is 13.3 Å². The highest BCUT2D eigenvalue weighted by atomic mass is 35.5. The molecule has 0 saturated carbocycles. The van der Waals surface area contributed by atoms with Crippen LogP contribution in [0, 0.1) is 0 Å². The topological polar surface area (TPSA) is 38.2 Å². The van der Waals surface area contributed by atoms with Crippen LogP contribution in [0.5, 0.6) is 6.01 Å². The van der Waals surface area contributed by atoms with Gasteiger partial charge in [0.25, 0.3) is 0 Å². The first-order chi connectivity index (χ1) is 7.70. The van der Waals surface area contributed by atoms with E-state index in [1.165, 1.54) is 7.11 Å². The van der Waals surface area contributed by atoms with Gasteiger partial charge in [0, 0.05) is 18.5 Å². The van der Waals surface area contributed by atoms with Crippen molar-refractivity contribution in [3.8, 4) is 6.01 Å². The van der Waals surface area contributed by atoms with Gasteiger partial charge in [0.1, 0.15) is 5.02 Å². The van der Waals surface area contributed by atoms with Crippen LogP contribution in [0.4, 0.5) is 5.82 Å². The number of ether oxygens (including phenoxy) is 1. The molecule has 1 saturated heterocycles. The van der Waals surface area contributed by atoms with Crippen LogP contribution in [0.25, 0.3) is 0 Å². The lowest BCUT2D eigenvalue weighted by Gasteiger charge is -2.30. The predicted molar refractivity (Wildman–Crippen MR) is 64.7 cm³/mol. The van der Waals surface area contributed by atoms with Gasteiger partial charge < -0.3 is 9.64 Å². The molecular formula is C10H13Cl2N3O. The van der Waals surface area contributed by atoms with Crippen molar-refractivity contribution in [2.24, 2.45) is 0 Å². The Bertz CT molecular complexity index is 367. The average Bonchev–Trinajstić information content (AvgIpc) is 2.31. The molecule has 1 aliphatic rings. The first-order valence-electron chi connectivity index (χ1n) is 5.16. The van der Waals surface area contributed by atoms with E-state index in [1.54, 1.807) is 6.20 Å². The van der Waals surface area contributed by atoms with Crippen molar-refractivity contribution in [1.29, 1.82) is 0 Å². The highest BCUT2D eigenvalue weighted by Gasteiger charge is 2.20. The third-order valence-electron chi connectivity index (χ3n) is 2.61. The van der Waals surface area contributed by atoms with Crippen LogP contribution in [0.15, 0.2) is 6.20 Å². The molecule has 0 amide bonds. The van der Waals surface area contributed by atoms with Crippen molar-refractivity contribution >= 4 is 29.0 Å². The molecule has 0 bridgehead atoms. The molecule has 0 atom stereocenters. The molecule has 1 aliphatic heterocycles. The van der Waals surface area contributed by atoms with E-state index in [4.69, 9.17) is 27.9 Å². The van der Waals surface area contributed by atoms with E-state index in [0.29, 0.717) is 11.0 Å². The summed E-state index contributed by atoms with van der Waals surface area (Å²) in [7, 11) is 1.54. The van der Waals surface area contributed by atoms with Crippen molar-refractivity contribution in [3.05, 3.63) is 11.2 Å². The standard InChI is InChI=1S/C10H13Cl2N3O/c1-16-10-13-6-8(12)9(14-10)15-4-2-7(11)3-5-15/h6-7H,2-5H2,1H3. The molecule has 0 aliphatic carbocycles. The van der Waals surface area contributed by atoms with Crippen LogP contribution in [0.2, 0.25) is 5.02 Å². The molecule has 0 radical (unpaired) electrons. The molecule has 0 unspecified atom stereocenters. The fourth-order valence-electron chi connectivity index (χ4n) is 1.72. The molecule has 6 heteroatoms. The summed E-state index contributed by atoms with van der Waals surface area (Å²) in [6.07, 6.45) is 3.46. The van der Waals surface area contributed by atoms with E-state index in [-0.39, 0.29) is 5.38 Å². The van der Waals surface area contributed by atoms with Gasteiger partial charge in [-0.1, -0.05) is 11.6 Å². The summed E-state index contributed by atoms with van der Waals surface area (Å²) in [6.45, 7) is 1.74. The summed E-state index contributed by atoms with van der Waals surface area (Å²) in [5, 5.41) is 0.813. The summed E-state index contributed by atoms with van der Waals surface area (Å²) >= 11 is 12.1. The number of methoxy groups -OCH3 is 1. The molecule has 2 heterocycles. The van der Waals surface area contributed by atoms with Gasteiger partial charge in [-0.2, -0.15) is 4.98 Å². The molecule has 4 nitrogen and oxygen atoms in total. The fourth-order valence-corrected chi connectivity index (χ4v) is 2.13. The highest BCUT2D eigenvalue weighted by Crippen LogP contribution is 2.28. The zero-order valence-electron chi connectivity index (χ0n) is 8.99.